The van der Waals surface area contributed by atoms with E-state index in [4.69, 9.17) is 5.10 Å². The molecule has 0 fully saturated rings. The smallest absolute Gasteiger partial charge is 0.268 e. The van der Waals surface area contributed by atoms with Crippen LogP contribution in [0.4, 0.5) is 0 Å². The van der Waals surface area contributed by atoms with Gasteiger partial charge in [-0.25, -0.2) is 4.68 Å². The number of rotatable bonds is 3. The van der Waals surface area contributed by atoms with Crippen LogP contribution >= 0.6 is 0 Å². The number of nitrogens with zero attached hydrogens (tertiary/aromatic N) is 5. The maximum Gasteiger partial charge on any atom is 0.268 e. The van der Waals surface area contributed by atoms with E-state index >= 15 is 0 Å². The highest BCUT2D eigenvalue weighted by atomic mass is 15.3. The third-order valence-corrected chi connectivity index (χ3v) is 11.3. The highest BCUT2D eigenvalue weighted by Crippen LogP contribution is 2.46. The molecule has 48 heavy (non-hydrogen) atoms. The van der Waals surface area contributed by atoms with Crippen LogP contribution in [0.3, 0.4) is 0 Å². The molecule has 4 aromatic heterocycles. The summed E-state index contributed by atoms with van der Waals surface area (Å²) in [5.74, 6) is 0. The molecule has 0 N–H and O–H groups in total. The van der Waals surface area contributed by atoms with E-state index in [1.165, 1.54) is 72.2 Å². The van der Waals surface area contributed by atoms with Crippen LogP contribution in [0.2, 0.25) is 0 Å². The Labute approximate surface area is 282 Å². The van der Waals surface area contributed by atoms with Crippen LogP contribution in [0.5, 0.6) is 0 Å². The topological polar surface area (TPSA) is 30.5 Å². The number of para-hydroxylation sites is 2. The first-order valence-electron chi connectivity index (χ1n) is 17.5. The molecule has 2 aliphatic heterocycles. The van der Waals surface area contributed by atoms with Gasteiger partial charge >= 0.3 is 0 Å². The minimum Gasteiger partial charge on any atom is -0.344 e. The zero-order chi connectivity index (χ0) is 33.1. The molecular weight excluding hydrogens is 587 g/mol. The fourth-order valence-electron chi connectivity index (χ4n) is 8.60. The maximum atomic E-state index is 5.41. The Balaban J connectivity index is 1.42. The number of pyridine rings is 2. The lowest BCUT2D eigenvalue weighted by molar-refractivity contribution is -0.689. The first-order chi connectivity index (χ1) is 23.1. The van der Waals surface area contributed by atoms with Crippen LogP contribution in [0.25, 0.3) is 61.1 Å². The largest absolute Gasteiger partial charge is 0.344 e. The highest BCUT2D eigenvalue weighted by Gasteiger charge is 2.50. The summed E-state index contributed by atoms with van der Waals surface area (Å²) < 4.78 is 9.81. The second kappa shape index (κ2) is 9.99. The Morgan fingerprint density at radius 3 is 2.29 bits per heavy atom. The van der Waals surface area contributed by atoms with Crippen LogP contribution in [-0.4, -0.2) is 14.3 Å². The van der Waals surface area contributed by atoms with E-state index in [-0.39, 0.29) is 17.0 Å². The molecule has 5 nitrogen and oxygen atoms in total. The number of allylic oxidation sites excluding steroid dienone is 2. The fraction of sp³-hybridized carbons (Fsp3) is 0.279. The Morgan fingerprint density at radius 2 is 1.52 bits per heavy atom. The zero-order valence-electron chi connectivity index (χ0n) is 29.0. The molecule has 9 rings (SSSR count). The van der Waals surface area contributed by atoms with Crippen LogP contribution in [0, 0.1) is 6.92 Å². The maximum absolute atomic E-state index is 5.41. The van der Waals surface area contributed by atoms with Gasteiger partial charge in [-0.3, -0.25) is 0 Å². The number of aryl methyl sites for hydroxylation is 2. The molecule has 0 bridgehead atoms. The molecule has 238 valence electrons. The zero-order valence-corrected chi connectivity index (χ0v) is 29.0. The lowest BCUT2D eigenvalue weighted by atomic mass is 9.89. The van der Waals surface area contributed by atoms with Crippen molar-refractivity contribution in [1.82, 2.24) is 14.3 Å². The second-order valence-corrected chi connectivity index (χ2v) is 14.9. The normalized spacial score (nSPS) is 16.5. The summed E-state index contributed by atoms with van der Waals surface area (Å²) in [4.78, 5) is 0. The Bertz CT molecular complexity index is 2500. The molecule has 5 heteroatoms. The van der Waals surface area contributed by atoms with Gasteiger partial charge in [0.05, 0.1) is 16.8 Å². The molecule has 2 aliphatic rings. The van der Waals surface area contributed by atoms with E-state index in [1.54, 1.807) is 0 Å². The Hall–Kier alpha value is -5.03. The monoisotopic (exact) mass is 629 g/mol. The van der Waals surface area contributed by atoms with Crippen molar-refractivity contribution in [1.29, 1.82) is 0 Å². The van der Waals surface area contributed by atoms with Gasteiger partial charge in [0.1, 0.15) is 5.69 Å². The van der Waals surface area contributed by atoms with E-state index in [0.29, 0.717) is 0 Å². The van der Waals surface area contributed by atoms with Crippen LogP contribution < -0.4 is 9.13 Å². The van der Waals surface area contributed by atoms with E-state index in [0.717, 1.165) is 18.5 Å². The number of benzene rings is 3. The van der Waals surface area contributed by atoms with E-state index in [2.05, 4.69) is 170 Å². The van der Waals surface area contributed by atoms with Crippen molar-refractivity contribution in [3.05, 3.63) is 120 Å². The van der Waals surface area contributed by atoms with Gasteiger partial charge in [-0.2, -0.15) is 14.2 Å². The molecule has 0 saturated heterocycles. The third kappa shape index (κ3) is 3.82. The van der Waals surface area contributed by atoms with E-state index in [1.807, 2.05) is 0 Å². The van der Waals surface area contributed by atoms with Crippen molar-refractivity contribution in [3.8, 4) is 22.6 Å². The lowest BCUT2D eigenvalue weighted by Gasteiger charge is -2.29. The second-order valence-electron chi connectivity index (χ2n) is 14.9. The molecule has 0 aliphatic carbocycles. The predicted molar refractivity (Wildman–Crippen MR) is 196 cm³/mol. The first-order valence-corrected chi connectivity index (χ1v) is 17.5. The van der Waals surface area contributed by atoms with E-state index < -0.39 is 0 Å². The SMILES string of the molecule is CCC1(CC)C=C(C2c3cc4c(cc3-c3cc(C)c5ccccc5[n+]32)c2ccccc2n4C)[n+]2ccccc2-c2cc(C(C)(C)C)nn21. The average molecular weight is 630 g/mol. The van der Waals surface area contributed by atoms with Gasteiger partial charge < -0.3 is 4.57 Å². The number of hydrogen-bond donors (Lipinski definition) is 0. The third-order valence-electron chi connectivity index (χ3n) is 11.3. The summed E-state index contributed by atoms with van der Waals surface area (Å²) in [6.45, 7) is 13.7. The Kier molecular flexibility index (Phi) is 6.06. The van der Waals surface area contributed by atoms with Crippen molar-refractivity contribution < 1.29 is 9.13 Å². The number of fused-ring (bicyclic) bond motifs is 11. The van der Waals surface area contributed by atoms with Crippen LogP contribution in [-0.2, 0) is 18.0 Å². The van der Waals surface area contributed by atoms with Crippen molar-refractivity contribution >= 4 is 38.4 Å². The molecule has 0 spiro atoms. The van der Waals surface area contributed by atoms with Crippen LogP contribution in [0.15, 0.2) is 103 Å². The van der Waals surface area contributed by atoms with Gasteiger partial charge in [0, 0.05) is 75.6 Å². The molecule has 6 heterocycles. The van der Waals surface area contributed by atoms with Gasteiger partial charge in [-0.15, -0.1) is 0 Å². The average Bonchev–Trinajstić information content (AvgIpc) is 3.75. The summed E-state index contributed by atoms with van der Waals surface area (Å²) in [6.07, 6.45) is 6.71. The number of hydrogen-bond acceptors (Lipinski definition) is 1. The molecular formula is C43H43N5+2. The molecule has 1 atom stereocenters. The predicted octanol–water partition coefficient (Wildman–Crippen LogP) is 9.17. The molecule has 0 radical (unpaired) electrons. The summed E-state index contributed by atoms with van der Waals surface area (Å²) in [7, 11) is 2.21. The number of aromatic nitrogens is 5. The van der Waals surface area contributed by atoms with Crippen molar-refractivity contribution in [2.75, 3.05) is 0 Å². The summed E-state index contributed by atoms with van der Waals surface area (Å²) in [5.41, 5.74) is 13.4. The van der Waals surface area contributed by atoms with Gasteiger partial charge in [0.15, 0.2) is 6.20 Å². The van der Waals surface area contributed by atoms with Crippen molar-refractivity contribution in [2.45, 2.75) is 71.4 Å². The van der Waals surface area contributed by atoms with Crippen molar-refractivity contribution in [3.63, 3.8) is 0 Å². The molecule has 0 saturated carbocycles. The van der Waals surface area contributed by atoms with Crippen molar-refractivity contribution in [2.24, 2.45) is 7.05 Å². The highest BCUT2D eigenvalue weighted by molar-refractivity contribution is 6.10. The summed E-state index contributed by atoms with van der Waals surface area (Å²) >= 11 is 0. The van der Waals surface area contributed by atoms with Gasteiger partial charge in [0.25, 0.3) is 11.7 Å². The minimum absolute atomic E-state index is 0.0433. The molecule has 1 unspecified atom stereocenters. The Morgan fingerprint density at radius 1 is 0.792 bits per heavy atom. The minimum atomic E-state index is -0.298. The first kappa shape index (κ1) is 29.1. The van der Waals surface area contributed by atoms with Gasteiger partial charge in [0.2, 0.25) is 16.9 Å². The molecule has 3 aromatic carbocycles. The summed E-state index contributed by atoms with van der Waals surface area (Å²) in [5, 5.41) is 9.31. The lowest BCUT2D eigenvalue weighted by Crippen LogP contribution is -2.48. The standard InChI is InChI=1S/C43H43N5/c1-8-43(9-2)26-39(46-21-15-14-20-35(46)38-25-40(42(4,5)6)44-48(38)43)41-32-24-36-30(29-17-11-12-18-33(29)45(36)7)23-31(32)37-22-27(3)28-16-10-13-19-34(28)47(37)41/h10-26,41H,8-9H2,1-7H3/q+2. The van der Waals surface area contributed by atoms with Gasteiger partial charge in [-0.1, -0.05) is 65.0 Å². The molecule has 7 aromatic rings. The quantitative estimate of drug-likeness (QED) is 0.179. The van der Waals surface area contributed by atoms with Crippen LogP contribution in [0.1, 0.15) is 70.3 Å². The van der Waals surface area contributed by atoms with E-state index in [9.17, 15) is 0 Å². The summed E-state index contributed by atoms with van der Waals surface area (Å²) in [6, 6.07) is 34.0. The fourth-order valence-corrected chi connectivity index (χ4v) is 8.60. The molecule has 0 amide bonds. The van der Waals surface area contributed by atoms with Gasteiger partial charge in [-0.05, 0) is 61.7 Å².